The second kappa shape index (κ2) is 9.98. The van der Waals surface area contributed by atoms with Crippen molar-refractivity contribution in [1.82, 2.24) is 19.5 Å². The van der Waals surface area contributed by atoms with Gasteiger partial charge in [0.25, 0.3) is 15.9 Å². The van der Waals surface area contributed by atoms with Crippen molar-refractivity contribution in [2.75, 3.05) is 38.5 Å². The van der Waals surface area contributed by atoms with Gasteiger partial charge in [0.1, 0.15) is 11.1 Å². The number of carbonyl (C=O) groups excluding carboxylic acids is 2. The van der Waals surface area contributed by atoms with E-state index in [-0.39, 0.29) is 43.0 Å². The Kier molecular flexibility index (Phi) is 7.35. The molecule has 3 aromatic rings. The Morgan fingerprint density at radius 3 is 2.74 bits per heavy atom. The van der Waals surface area contributed by atoms with E-state index in [2.05, 4.69) is 15.6 Å². The summed E-state index contributed by atoms with van der Waals surface area (Å²) < 4.78 is 28.0. The number of halogens is 2. The van der Waals surface area contributed by atoms with Gasteiger partial charge in [-0.25, -0.2) is 8.42 Å². The van der Waals surface area contributed by atoms with E-state index in [4.69, 9.17) is 11.6 Å². The van der Waals surface area contributed by atoms with Crippen molar-refractivity contribution in [1.29, 1.82) is 0 Å². The van der Waals surface area contributed by atoms with Crippen LogP contribution >= 0.6 is 35.3 Å². The van der Waals surface area contributed by atoms with Gasteiger partial charge >= 0.3 is 0 Å². The number of benzene rings is 1. The number of hydrogen-bond donors (Lipinski definition) is 3. The zero-order valence-corrected chi connectivity index (χ0v) is 22.0. The van der Waals surface area contributed by atoms with Gasteiger partial charge in [-0.05, 0) is 43.2 Å². The number of hydrogen-bond acceptors (Lipinski definition) is 6. The molecule has 188 valence electrons. The Hall–Kier alpha value is -2.31. The van der Waals surface area contributed by atoms with Crippen LogP contribution in [0.15, 0.2) is 35.4 Å². The van der Waals surface area contributed by atoms with Gasteiger partial charge in [-0.1, -0.05) is 11.6 Å². The lowest BCUT2D eigenvalue weighted by atomic mass is 10.1. The molecule has 13 heteroatoms. The molecule has 0 spiro atoms. The number of aromatic nitrogens is 1. The van der Waals surface area contributed by atoms with Gasteiger partial charge < -0.3 is 20.5 Å². The fourth-order valence-corrected chi connectivity index (χ4v) is 7.22. The number of anilines is 1. The molecule has 3 N–H and O–H groups in total. The van der Waals surface area contributed by atoms with Crippen LogP contribution < -0.4 is 10.6 Å². The lowest BCUT2D eigenvalue weighted by molar-refractivity contribution is -0.126. The number of carbonyl (C=O) groups is 2. The summed E-state index contributed by atoms with van der Waals surface area (Å²) >= 11 is 7.46. The molecule has 0 radical (unpaired) electrons. The van der Waals surface area contributed by atoms with Crippen LogP contribution in [0.5, 0.6) is 0 Å². The maximum Gasteiger partial charge on any atom is 0.264 e. The zero-order valence-electron chi connectivity index (χ0n) is 18.8. The largest absolute Gasteiger partial charge is 0.384 e. The molecule has 2 aliphatic rings. The van der Waals surface area contributed by atoms with Gasteiger partial charge in [0.2, 0.25) is 5.91 Å². The number of nitrogens with zero attached hydrogens (tertiary/aromatic N) is 2. The van der Waals surface area contributed by atoms with Gasteiger partial charge in [-0.3, -0.25) is 9.59 Å². The first-order valence-corrected chi connectivity index (χ1v) is 13.6. The topological polar surface area (TPSA) is 115 Å². The summed E-state index contributed by atoms with van der Waals surface area (Å²) in [5.74, 6) is -0.664. The highest BCUT2D eigenvalue weighted by molar-refractivity contribution is 7.89. The summed E-state index contributed by atoms with van der Waals surface area (Å²) in [5, 5.41) is 7.09. The summed E-state index contributed by atoms with van der Waals surface area (Å²) in [6.45, 7) is 0.932. The third kappa shape index (κ3) is 4.75. The smallest absolute Gasteiger partial charge is 0.264 e. The highest BCUT2D eigenvalue weighted by Crippen LogP contribution is 2.33. The molecule has 2 amide bonds. The van der Waals surface area contributed by atoms with Crippen molar-refractivity contribution in [2.24, 2.45) is 0 Å². The molecule has 1 atom stereocenters. The highest BCUT2D eigenvalue weighted by Gasteiger charge is 2.40. The van der Waals surface area contributed by atoms with Crippen molar-refractivity contribution >= 4 is 73.8 Å². The average Bonchev–Trinajstić information content (AvgIpc) is 3.47. The first-order chi connectivity index (χ1) is 16.3. The van der Waals surface area contributed by atoms with Crippen molar-refractivity contribution < 1.29 is 18.0 Å². The maximum atomic E-state index is 13.4. The molecule has 1 saturated heterocycles. The lowest BCUT2D eigenvalue weighted by Crippen LogP contribution is -2.61. The predicted octanol–water partition coefficient (Wildman–Crippen LogP) is 2.92. The Bertz CT molecular complexity index is 1360. The molecule has 0 aliphatic carbocycles. The second-order valence-corrected chi connectivity index (χ2v) is 11.8. The molecule has 1 fully saturated rings. The number of amides is 2. The van der Waals surface area contributed by atoms with Crippen molar-refractivity contribution in [3.63, 3.8) is 0 Å². The van der Waals surface area contributed by atoms with E-state index in [0.717, 1.165) is 30.0 Å². The number of rotatable bonds is 4. The van der Waals surface area contributed by atoms with Crippen LogP contribution in [0, 0.1) is 0 Å². The Labute approximate surface area is 218 Å². The Morgan fingerprint density at radius 1 is 1.20 bits per heavy atom. The molecule has 4 heterocycles. The molecule has 35 heavy (non-hydrogen) atoms. The van der Waals surface area contributed by atoms with Crippen LogP contribution in [0.1, 0.15) is 21.0 Å². The molecule has 2 aromatic heterocycles. The molecule has 9 nitrogen and oxygen atoms in total. The van der Waals surface area contributed by atoms with Crippen molar-refractivity contribution in [3.05, 3.63) is 45.1 Å². The minimum atomic E-state index is -3.92. The number of piperazine rings is 1. The standard InChI is InChI=1S/C22H24ClN5O4S2.ClH/c1-24-21(29)17-12-27(34(31,32)20-10-13-9-14(23)4-5-15(13)26-20)7-8-28(17)22(30)19-11-16-18(33-19)3-2-6-25-16;/h4-5,9-11,17,25-26H,2-3,6-8,12H2,1H3,(H,24,29);1H. The normalized spacial score (nSPS) is 18.5. The molecule has 0 bridgehead atoms. The third-order valence-electron chi connectivity index (χ3n) is 6.24. The van der Waals surface area contributed by atoms with Crippen molar-refractivity contribution in [2.45, 2.75) is 23.9 Å². The molecule has 2 aliphatic heterocycles. The number of H-pyrrole nitrogens is 1. The summed E-state index contributed by atoms with van der Waals surface area (Å²) in [6, 6.07) is 7.52. The molecule has 1 unspecified atom stereocenters. The van der Waals surface area contributed by atoms with E-state index in [0.29, 0.717) is 20.8 Å². The summed E-state index contributed by atoms with van der Waals surface area (Å²) in [6.07, 6.45) is 1.93. The molecule has 1 aromatic carbocycles. The lowest BCUT2D eigenvalue weighted by Gasteiger charge is -2.39. The van der Waals surface area contributed by atoms with E-state index in [1.165, 1.54) is 33.7 Å². The number of fused-ring (bicyclic) bond motifs is 2. The monoisotopic (exact) mass is 557 g/mol. The van der Waals surface area contributed by atoms with Crippen LogP contribution in [0.4, 0.5) is 5.69 Å². The first kappa shape index (κ1) is 25.8. The molecular formula is C22H25Cl2N5O4S2. The Balaban J connectivity index is 0.00000289. The van der Waals surface area contributed by atoms with Crippen LogP contribution in [0.25, 0.3) is 10.9 Å². The van der Waals surface area contributed by atoms with Crippen LogP contribution in [0.3, 0.4) is 0 Å². The van der Waals surface area contributed by atoms with Gasteiger partial charge in [0.05, 0.1) is 4.88 Å². The predicted molar refractivity (Wildman–Crippen MR) is 139 cm³/mol. The van der Waals surface area contributed by atoms with Crippen LogP contribution in [0.2, 0.25) is 5.02 Å². The van der Waals surface area contributed by atoms with Gasteiger partial charge in [-0.15, -0.1) is 23.7 Å². The first-order valence-electron chi connectivity index (χ1n) is 11.0. The van der Waals surface area contributed by atoms with E-state index in [1.54, 1.807) is 18.2 Å². The quantitative estimate of drug-likeness (QED) is 0.456. The van der Waals surface area contributed by atoms with E-state index in [1.807, 2.05) is 6.07 Å². The van der Waals surface area contributed by atoms with E-state index < -0.39 is 22.0 Å². The molecule has 0 saturated carbocycles. The van der Waals surface area contributed by atoms with Crippen LogP contribution in [-0.4, -0.2) is 73.7 Å². The maximum absolute atomic E-state index is 13.4. The number of nitrogens with one attached hydrogen (secondary N) is 3. The van der Waals surface area contributed by atoms with E-state index in [9.17, 15) is 18.0 Å². The third-order valence-corrected chi connectivity index (χ3v) is 9.45. The summed E-state index contributed by atoms with van der Waals surface area (Å²) in [7, 11) is -2.44. The minimum Gasteiger partial charge on any atom is -0.384 e. The number of aromatic amines is 1. The fraction of sp³-hybridized carbons (Fsp3) is 0.364. The molecular weight excluding hydrogens is 533 g/mol. The number of sulfonamides is 1. The van der Waals surface area contributed by atoms with Gasteiger partial charge in [0, 0.05) is 59.7 Å². The van der Waals surface area contributed by atoms with Crippen molar-refractivity contribution in [3.8, 4) is 0 Å². The zero-order chi connectivity index (χ0) is 24.0. The van der Waals surface area contributed by atoms with Crippen LogP contribution in [-0.2, 0) is 21.2 Å². The van der Waals surface area contributed by atoms with Gasteiger partial charge in [-0.2, -0.15) is 4.31 Å². The highest BCUT2D eigenvalue weighted by atomic mass is 35.5. The number of aryl methyl sites for hydroxylation is 1. The number of thiophene rings is 1. The summed E-state index contributed by atoms with van der Waals surface area (Å²) in [5.41, 5.74) is 1.62. The van der Waals surface area contributed by atoms with E-state index >= 15 is 0 Å². The minimum absolute atomic E-state index is 0. The molecule has 5 rings (SSSR count). The van der Waals surface area contributed by atoms with Gasteiger partial charge in [0.15, 0.2) is 0 Å². The average molecular weight is 559 g/mol. The second-order valence-electron chi connectivity index (χ2n) is 8.33. The number of likely N-dealkylation sites (N-methyl/N-ethyl adjacent to an activating group) is 1. The Morgan fingerprint density at radius 2 is 2.00 bits per heavy atom. The summed E-state index contributed by atoms with van der Waals surface area (Å²) in [4.78, 5) is 32.2. The fourth-order valence-electron chi connectivity index (χ4n) is 4.45. The SMILES string of the molecule is CNC(=O)C1CN(S(=O)(=O)c2cc3cc(Cl)ccc3[nH]2)CCN1C(=O)c1cc2c(s1)CCCN2.Cl.